The van der Waals surface area contributed by atoms with Crippen LogP contribution in [0.5, 0.6) is 11.5 Å². The Morgan fingerprint density at radius 1 is 0.914 bits per heavy atom. The summed E-state index contributed by atoms with van der Waals surface area (Å²) < 4.78 is 6.88. The van der Waals surface area contributed by atoms with E-state index in [-0.39, 0.29) is 10.5 Å². The van der Waals surface area contributed by atoms with Crippen LogP contribution in [-0.2, 0) is 4.79 Å². The fourth-order valence-corrected chi connectivity index (χ4v) is 5.78. The number of hydrogen-bond donors (Lipinski definition) is 1. The van der Waals surface area contributed by atoms with Gasteiger partial charge in [0, 0.05) is 0 Å². The number of rotatable bonds is 8. The molecular weight excluding hydrogens is 499 g/mol. The molecule has 0 spiro atoms. The largest absolute Gasteiger partial charge is 0.0610 e. The van der Waals surface area contributed by atoms with Gasteiger partial charge in [-0.1, -0.05) is 18.2 Å². The van der Waals surface area contributed by atoms with E-state index in [1.807, 2.05) is 31.2 Å². The van der Waals surface area contributed by atoms with Crippen LogP contribution in [0.25, 0.3) is 11.1 Å². The van der Waals surface area contributed by atoms with E-state index in [9.17, 15) is 9.59 Å². The van der Waals surface area contributed by atoms with Gasteiger partial charge in [0.1, 0.15) is 0 Å². The van der Waals surface area contributed by atoms with E-state index >= 15 is 0 Å². The van der Waals surface area contributed by atoms with Crippen molar-refractivity contribution in [1.29, 1.82) is 0 Å². The molecule has 5 rings (SSSR count). The fraction of sp³-hybridized carbons (Fsp3) is 0.310. The zero-order valence-electron chi connectivity index (χ0n) is 20.6. The normalized spacial score (nSPS) is 13.9. The summed E-state index contributed by atoms with van der Waals surface area (Å²) in [4.78, 5) is 26.9. The summed E-state index contributed by atoms with van der Waals surface area (Å²) in [6.45, 7) is 9.40. The molecule has 6 heteroatoms. The number of aryl methyl sites for hydroxylation is 2. The smallest absolute Gasteiger partial charge is 0.0178 e. The SMILES string of the molecule is CC(=O)[As]c1cc(Oc2ccc(C)c(C)c2)ccc1C(=O)NCCN1CCCC1.c1cc2cc-2c1. The molecule has 1 fully saturated rings. The molecule has 0 unspecified atom stereocenters. The first-order valence-electron chi connectivity index (χ1n) is 12.1. The number of fused-ring (bicyclic) bond motifs is 1. The third-order valence-corrected chi connectivity index (χ3v) is 8.17. The second-order valence-electron chi connectivity index (χ2n) is 9.04. The maximum absolute atomic E-state index is 12.7. The van der Waals surface area contributed by atoms with Crippen molar-refractivity contribution in [2.24, 2.45) is 0 Å². The monoisotopic (exact) mass is 531 g/mol. The zero-order chi connectivity index (χ0) is 24.8. The summed E-state index contributed by atoms with van der Waals surface area (Å²) in [6, 6.07) is 19.8. The van der Waals surface area contributed by atoms with E-state index in [0.29, 0.717) is 17.9 Å². The van der Waals surface area contributed by atoms with E-state index in [2.05, 4.69) is 41.4 Å². The van der Waals surface area contributed by atoms with Crippen molar-refractivity contribution in [2.45, 2.75) is 33.6 Å². The van der Waals surface area contributed by atoms with Crippen molar-refractivity contribution in [3.63, 3.8) is 0 Å². The minimum atomic E-state index is -0.743. The first-order valence-corrected chi connectivity index (χ1v) is 14.0. The standard InChI is InChI=1S/C23H28AsN2O3.C6H4/c1-16-6-7-19(14-17(16)2)29-20-8-9-21(22(15-20)24-18(3)27)23(28)25-10-13-26-11-4-5-12-26;1-2-5-4-6(5)3-1/h6-9,14-15H,4-5,10-13H2,1-3H3,(H,25,28);1-4H. The molecule has 0 atom stereocenters. The van der Waals surface area contributed by atoms with Gasteiger partial charge in [-0.3, -0.25) is 0 Å². The van der Waals surface area contributed by atoms with Crippen molar-refractivity contribution >= 4 is 30.6 Å². The number of carbonyl (C=O) groups is 2. The first-order chi connectivity index (χ1) is 16.9. The second-order valence-corrected chi connectivity index (χ2v) is 11.8. The molecule has 1 saturated heterocycles. The van der Waals surface area contributed by atoms with Crippen molar-refractivity contribution in [3.8, 4) is 22.6 Å². The topological polar surface area (TPSA) is 58.6 Å². The minimum absolute atomic E-state index is 0.107. The second kappa shape index (κ2) is 11.7. The van der Waals surface area contributed by atoms with Gasteiger partial charge in [-0.15, -0.1) is 0 Å². The summed E-state index contributed by atoms with van der Waals surface area (Å²) in [5.41, 5.74) is 5.80. The molecule has 0 aromatic heterocycles. The van der Waals surface area contributed by atoms with Crippen molar-refractivity contribution < 1.29 is 14.3 Å². The maximum Gasteiger partial charge on any atom is -0.0178 e. The van der Waals surface area contributed by atoms with Gasteiger partial charge in [-0.25, -0.2) is 0 Å². The average Bonchev–Trinajstić information content (AvgIpc) is 3.18. The molecule has 5 nitrogen and oxygen atoms in total. The summed E-state index contributed by atoms with van der Waals surface area (Å²) in [7, 11) is 0. The van der Waals surface area contributed by atoms with E-state index in [0.717, 1.165) is 35.3 Å². The number of nitrogens with one attached hydrogen (secondary N) is 1. The number of hydrogen-bond acceptors (Lipinski definition) is 4. The predicted molar refractivity (Wildman–Crippen MR) is 142 cm³/mol. The summed E-state index contributed by atoms with van der Waals surface area (Å²) in [5.74, 6) is 1.28. The van der Waals surface area contributed by atoms with Crippen LogP contribution in [0, 0.1) is 13.8 Å². The van der Waals surface area contributed by atoms with Crippen molar-refractivity contribution in [1.82, 2.24) is 10.2 Å². The molecule has 181 valence electrons. The summed E-state index contributed by atoms with van der Waals surface area (Å²) >= 11 is -0.743. The van der Waals surface area contributed by atoms with Gasteiger partial charge >= 0.3 is 180 Å². The Balaban J connectivity index is 0.000000411. The van der Waals surface area contributed by atoms with E-state index in [1.54, 1.807) is 19.1 Å². The van der Waals surface area contributed by atoms with Crippen LogP contribution < -0.4 is 14.4 Å². The number of ether oxygens (including phenoxy) is 1. The summed E-state index contributed by atoms with van der Waals surface area (Å²) in [5, 5.41) is 3.00. The Morgan fingerprint density at radius 3 is 2.20 bits per heavy atom. The minimum Gasteiger partial charge on any atom is -0.0610 e. The molecule has 0 bridgehead atoms. The molecule has 0 saturated carbocycles. The Bertz CT molecular complexity index is 1200. The Labute approximate surface area is 214 Å². The van der Waals surface area contributed by atoms with Crippen LogP contribution in [0.15, 0.2) is 60.7 Å². The van der Waals surface area contributed by atoms with Crippen LogP contribution in [0.1, 0.15) is 41.3 Å². The van der Waals surface area contributed by atoms with Crippen LogP contribution >= 0.6 is 0 Å². The Kier molecular flexibility index (Phi) is 8.43. The Morgan fingerprint density at radius 2 is 1.60 bits per heavy atom. The van der Waals surface area contributed by atoms with E-state index in [4.69, 9.17) is 4.74 Å². The quantitative estimate of drug-likeness (QED) is 0.341. The molecule has 2 aromatic rings. The van der Waals surface area contributed by atoms with Crippen molar-refractivity contribution in [3.05, 3.63) is 77.4 Å². The van der Waals surface area contributed by atoms with E-state index < -0.39 is 15.8 Å². The molecule has 2 aliphatic carbocycles. The molecule has 1 radical (unpaired) electrons. The zero-order valence-corrected chi connectivity index (χ0v) is 22.5. The maximum atomic E-state index is 12.7. The number of nitrogens with zero attached hydrogens (tertiary/aromatic N) is 1. The van der Waals surface area contributed by atoms with Gasteiger partial charge in [0.25, 0.3) is 0 Å². The number of amides is 1. The Hall–Kier alpha value is -2.88. The molecule has 3 aliphatic rings. The van der Waals surface area contributed by atoms with Gasteiger partial charge in [0.05, 0.1) is 0 Å². The molecule has 1 aliphatic heterocycles. The molecule has 1 heterocycles. The van der Waals surface area contributed by atoms with Gasteiger partial charge < -0.3 is 0 Å². The van der Waals surface area contributed by atoms with Gasteiger partial charge in [-0.2, -0.15) is 0 Å². The van der Waals surface area contributed by atoms with Crippen LogP contribution in [0.4, 0.5) is 0 Å². The number of likely N-dealkylation sites (tertiary alicyclic amines) is 1. The first kappa shape index (κ1) is 25.2. The van der Waals surface area contributed by atoms with Gasteiger partial charge in [0.15, 0.2) is 0 Å². The van der Waals surface area contributed by atoms with Gasteiger partial charge in [0.2, 0.25) is 0 Å². The third-order valence-electron chi connectivity index (χ3n) is 6.23. The number of carbonyl (C=O) groups excluding carboxylic acids is 2. The van der Waals surface area contributed by atoms with Crippen LogP contribution in [0.3, 0.4) is 0 Å². The van der Waals surface area contributed by atoms with Gasteiger partial charge in [-0.05, 0) is 17.2 Å². The van der Waals surface area contributed by atoms with E-state index in [1.165, 1.54) is 29.5 Å². The molecule has 1 amide bonds. The molecular formula is C29H32AsN2O3. The third kappa shape index (κ3) is 7.30. The van der Waals surface area contributed by atoms with Crippen LogP contribution in [0.2, 0.25) is 0 Å². The van der Waals surface area contributed by atoms with Crippen LogP contribution in [-0.4, -0.2) is 57.3 Å². The number of benzene rings is 3. The molecule has 35 heavy (non-hydrogen) atoms. The van der Waals surface area contributed by atoms with Crippen molar-refractivity contribution in [2.75, 3.05) is 26.2 Å². The summed E-state index contributed by atoms with van der Waals surface area (Å²) in [6.07, 6.45) is 2.48. The average molecular weight is 532 g/mol. The predicted octanol–water partition coefficient (Wildman–Crippen LogP) is 4.46. The molecule has 1 N–H and O–H groups in total. The fourth-order valence-electron chi connectivity index (χ4n) is 4.05. The molecule has 2 aromatic carbocycles.